The van der Waals surface area contributed by atoms with Crippen LogP contribution in [-0.2, 0) is 31.2 Å². The van der Waals surface area contributed by atoms with Crippen molar-refractivity contribution in [1.82, 2.24) is 14.7 Å². The molecule has 1 aromatic carbocycles. The number of halogens is 1. The average Bonchev–Trinajstić information content (AvgIpc) is 2.50. The maximum Gasteiger partial charge on any atom is 0.266 e. The number of hydrogen-bond donors (Lipinski definition) is 0. The van der Waals surface area contributed by atoms with Gasteiger partial charge < -0.3 is 4.90 Å². The van der Waals surface area contributed by atoms with E-state index in [9.17, 15) is 14.0 Å². The zero-order valence-corrected chi connectivity index (χ0v) is 12.3. The van der Waals surface area contributed by atoms with Crippen LogP contribution in [0.2, 0.25) is 0 Å². The van der Waals surface area contributed by atoms with E-state index in [-0.39, 0.29) is 23.7 Å². The van der Waals surface area contributed by atoms with Gasteiger partial charge in [0, 0.05) is 38.2 Å². The Morgan fingerprint density at radius 1 is 1.32 bits per heavy atom. The van der Waals surface area contributed by atoms with Crippen LogP contribution in [0.1, 0.15) is 16.8 Å². The SMILES string of the molecule is Cn1nc2c(cc1=O)CN(C(=O)Cc1ccc(F)cc1)CC2. The minimum Gasteiger partial charge on any atom is -0.338 e. The number of benzene rings is 1. The zero-order chi connectivity index (χ0) is 15.7. The van der Waals surface area contributed by atoms with Crippen molar-refractivity contribution in [3.63, 3.8) is 0 Å². The molecule has 2 heterocycles. The van der Waals surface area contributed by atoms with Crippen molar-refractivity contribution in [2.24, 2.45) is 7.05 Å². The van der Waals surface area contributed by atoms with Gasteiger partial charge in [-0.2, -0.15) is 5.10 Å². The smallest absolute Gasteiger partial charge is 0.266 e. The van der Waals surface area contributed by atoms with Gasteiger partial charge in [0.2, 0.25) is 5.91 Å². The zero-order valence-electron chi connectivity index (χ0n) is 12.3. The van der Waals surface area contributed by atoms with Crippen LogP contribution in [0.15, 0.2) is 35.1 Å². The fourth-order valence-corrected chi connectivity index (χ4v) is 2.59. The van der Waals surface area contributed by atoms with E-state index in [2.05, 4.69) is 5.10 Å². The molecule has 0 aliphatic carbocycles. The molecule has 1 aliphatic heterocycles. The Morgan fingerprint density at radius 2 is 2.05 bits per heavy atom. The first kappa shape index (κ1) is 14.4. The summed E-state index contributed by atoms with van der Waals surface area (Å²) in [6, 6.07) is 7.47. The summed E-state index contributed by atoms with van der Waals surface area (Å²) in [7, 11) is 1.62. The number of hydrogen-bond acceptors (Lipinski definition) is 3. The number of fused-ring (bicyclic) bond motifs is 1. The maximum atomic E-state index is 12.9. The van der Waals surface area contributed by atoms with Gasteiger partial charge in [0.25, 0.3) is 5.56 Å². The Bertz CT molecular complexity index is 768. The molecule has 6 heteroatoms. The third-order valence-electron chi connectivity index (χ3n) is 3.86. The van der Waals surface area contributed by atoms with E-state index in [1.165, 1.54) is 16.8 Å². The highest BCUT2D eigenvalue weighted by atomic mass is 19.1. The van der Waals surface area contributed by atoms with Gasteiger partial charge in [-0.1, -0.05) is 12.1 Å². The van der Waals surface area contributed by atoms with Crippen molar-refractivity contribution in [2.45, 2.75) is 19.4 Å². The van der Waals surface area contributed by atoms with Gasteiger partial charge in [-0.15, -0.1) is 0 Å². The van der Waals surface area contributed by atoms with Crippen LogP contribution in [0.3, 0.4) is 0 Å². The standard InChI is InChI=1S/C16H16FN3O2/c1-19-15(21)9-12-10-20(7-6-14(12)18-19)16(22)8-11-2-4-13(17)5-3-11/h2-5,9H,6-8,10H2,1H3. The average molecular weight is 301 g/mol. The van der Waals surface area contributed by atoms with Crippen LogP contribution in [0.4, 0.5) is 4.39 Å². The Balaban J connectivity index is 1.73. The van der Waals surface area contributed by atoms with Crippen LogP contribution in [0.25, 0.3) is 0 Å². The molecule has 5 nitrogen and oxygen atoms in total. The lowest BCUT2D eigenvalue weighted by atomic mass is 10.1. The summed E-state index contributed by atoms with van der Waals surface area (Å²) in [5.74, 6) is -0.344. The second kappa shape index (κ2) is 5.71. The molecule has 0 spiro atoms. The number of aryl methyl sites for hydroxylation is 1. The summed E-state index contributed by atoms with van der Waals surface area (Å²) in [5, 5.41) is 4.23. The molecule has 0 atom stereocenters. The molecule has 3 rings (SSSR count). The summed E-state index contributed by atoms with van der Waals surface area (Å²) in [6.45, 7) is 0.983. The van der Waals surface area contributed by atoms with Crippen LogP contribution in [0, 0.1) is 5.82 Å². The molecule has 0 radical (unpaired) electrons. The molecule has 0 saturated carbocycles. The number of aromatic nitrogens is 2. The molecule has 114 valence electrons. The van der Waals surface area contributed by atoms with E-state index in [4.69, 9.17) is 0 Å². The molecular weight excluding hydrogens is 285 g/mol. The minimum atomic E-state index is -0.315. The molecule has 0 bridgehead atoms. The number of rotatable bonds is 2. The van der Waals surface area contributed by atoms with Gasteiger partial charge in [-0.05, 0) is 17.7 Å². The minimum absolute atomic E-state index is 0.0297. The van der Waals surface area contributed by atoms with Crippen molar-refractivity contribution >= 4 is 5.91 Å². The molecule has 1 aliphatic rings. The summed E-state index contributed by atoms with van der Waals surface area (Å²) in [6.07, 6.45) is 0.868. The van der Waals surface area contributed by atoms with E-state index >= 15 is 0 Å². The Kier molecular flexibility index (Phi) is 3.75. The summed E-state index contributed by atoms with van der Waals surface area (Å²) in [4.78, 5) is 25.7. The summed E-state index contributed by atoms with van der Waals surface area (Å²) < 4.78 is 14.2. The Morgan fingerprint density at radius 3 is 2.77 bits per heavy atom. The Hall–Kier alpha value is -2.50. The molecule has 22 heavy (non-hydrogen) atoms. The monoisotopic (exact) mass is 301 g/mol. The lowest BCUT2D eigenvalue weighted by molar-refractivity contribution is -0.131. The van der Waals surface area contributed by atoms with E-state index < -0.39 is 0 Å². The van der Waals surface area contributed by atoms with Gasteiger partial charge in [-0.25, -0.2) is 9.07 Å². The quantitative estimate of drug-likeness (QED) is 0.833. The highest BCUT2D eigenvalue weighted by molar-refractivity contribution is 5.79. The first-order valence-corrected chi connectivity index (χ1v) is 7.11. The van der Waals surface area contributed by atoms with Crippen LogP contribution >= 0.6 is 0 Å². The summed E-state index contributed by atoms with van der Waals surface area (Å²) in [5.41, 5.74) is 2.28. The van der Waals surface area contributed by atoms with Crippen molar-refractivity contribution < 1.29 is 9.18 Å². The predicted molar refractivity (Wildman–Crippen MR) is 78.7 cm³/mol. The lowest BCUT2D eigenvalue weighted by Gasteiger charge is -2.28. The molecule has 0 saturated heterocycles. The fourth-order valence-electron chi connectivity index (χ4n) is 2.59. The second-order valence-corrected chi connectivity index (χ2v) is 5.45. The van der Waals surface area contributed by atoms with Gasteiger partial charge in [0.15, 0.2) is 0 Å². The number of carbonyl (C=O) groups excluding carboxylic acids is 1. The van der Waals surface area contributed by atoms with Gasteiger partial charge in [0.1, 0.15) is 5.82 Å². The van der Waals surface area contributed by atoms with Crippen molar-refractivity contribution in [2.75, 3.05) is 6.54 Å². The van der Waals surface area contributed by atoms with E-state index in [0.717, 1.165) is 16.8 Å². The molecular formula is C16H16FN3O2. The largest absolute Gasteiger partial charge is 0.338 e. The van der Waals surface area contributed by atoms with E-state index in [1.807, 2.05) is 0 Å². The van der Waals surface area contributed by atoms with Crippen molar-refractivity contribution in [1.29, 1.82) is 0 Å². The topological polar surface area (TPSA) is 55.2 Å². The third-order valence-corrected chi connectivity index (χ3v) is 3.86. The van der Waals surface area contributed by atoms with Gasteiger partial charge >= 0.3 is 0 Å². The highest BCUT2D eigenvalue weighted by Gasteiger charge is 2.22. The second-order valence-electron chi connectivity index (χ2n) is 5.45. The molecule has 0 N–H and O–H groups in total. The van der Waals surface area contributed by atoms with E-state index in [1.54, 1.807) is 30.1 Å². The van der Waals surface area contributed by atoms with E-state index in [0.29, 0.717) is 19.5 Å². The van der Waals surface area contributed by atoms with Gasteiger partial charge in [0.05, 0.1) is 12.1 Å². The highest BCUT2D eigenvalue weighted by Crippen LogP contribution is 2.16. The molecule has 2 aromatic rings. The molecule has 0 unspecified atom stereocenters. The molecule has 1 aromatic heterocycles. The first-order valence-electron chi connectivity index (χ1n) is 7.11. The fraction of sp³-hybridized carbons (Fsp3) is 0.312. The number of amides is 1. The lowest BCUT2D eigenvalue weighted by Crippen LogP contribution is -2.39. The number of carbonyl (C=O) groups is 1. The van der Waals surface area contributed by atoms with Crippen molar-refractivity contribution in [3.05, 3.63) is 63.3 Å². The third kappa shape index (κ3) is 2.90. The van der Waals surface area contributed by atoms with Crippen LogP contribution < -0.4 is 5.56 Å². The first-order chi connectivity index (χ1) is 10.5. The van der Waals surface area contributed by atoms with Crippen LogP contribution in [0.5, 0.6) is 0 Å². The van der Waals surface area contributed by atoms with Crippen LogP contribution in [-0.4, -0.2) is 27.1 Å². The van der Waals surface area contributed by atoms with Crippen molar-refractivity contribution in [3.8, 4) is 0 Å². The Labute approximate surface area is 127 Å². The van der Waals surface area contributed by atoms with Gasteiger partial charge in [-0.3, -0.25) is 9.59 Å². The molecule has 0 fully saturated rings. The maximum absolute atomic E-state index is 12.9. The molecule has 1 amide bonds. The normalized spacial score (nSPS) is 13.8. The summed E-state index contributed by atoms with van der Waals surface area (Å²) >= 11 is 0. The predicted octanol–water partition coefficient (Wildman–Crippen LogP) is 1.05. The number of nitrogens with zero attached hydrogens (tertiary/aromatic N) is 3.